The number of hydrogen-bond donors (Lipinski definition) is 0. The van der Waals surface area contributed by atoms with Gasteiger partial charge in [-0.1, -0.05) is 24.0 Å². The van der Waals surface area contributed by atoms with Crippen LogP contribution in [-0.2, 0) is 16.0 Å². The minimum absolute atomic E-state index is 0.0143. The van der Waals surface area contributed by atoms with E-state index in [1.54, 1.807) is 12.1 Å². The number of aryl methyl sites for hydroxylation is 1. The standard InChI is InChI=1S/C22H20FNO2/c1-26-22(25)18-13-24(14-18)21-10-8-17-11-16(7-9-20(17)21)6-5-15-3-2-4-19(23)12-15/h2-4,7,9,11-12,18,21H,8,10,13-14H2,1H3. The predicted octanol–water partition coefficient (Wildman–Crippen LogP) is 3.32. The van der Waals surface area contributed by atoms with Crippen molar-refractivity contribution >= 4 is 5.97 Å². The molecule has 26 heavy (non-hydrogen) atoms. The fourth-order valence-corrected chi connectivity index (χ4v) is 3.85. The molecule has 2 aliphatic rings. The number of likely N-dealkylation sites (tertiary alicyclic amines) is 1. The zero-order valence-electron chi connectivity index (χ0n) is 14.7. The predicted molar refractivity (Wildman–Crippen MR) is 97.0 cm³/mol. The van der Waals surface area contributed by atoms with Crippen LogP contribution >= 0.6 is 0 Å². The lowest BCUT2D eigenvalue weighted by Gasteiger charge is -2.41. The van der Waals surface area contributed by atoms with Gasteiger partial charge in [0.05, 0.1) is 13.0 Å². The first-order valence-corrected chi connectivity index (χ1v) is 8.86. The molecule has 1 saturated heterocycles. The number of esters is 1. The topological polar surface area (TPSA) is 29.5 Å². The monoisotopic (exact) mass is 349 g/mol. The Hall–Kier alpha value is -2.64. The minimum atomic E-state index is -0.270. The summed E-state index contributed by atoms with van der Waals surface area (Å²) in [6, 6.07) is 13.0. The fraction of sp³-hybridized carbons (Fsp3) is 0.318. The Morgan fingerprint density at radius 1 is 1.15 bits per heavy atom. The van der Waals surface area contributed by atoms with E-state index in [1.807, 2.05) is 6.07 Å². The Labute approximate surface area is 152 Å². The number of hydrogen-bond acceptors (Lipinski definition) is 3. The van der Waals surface area contributed by atoms with Crippen molar-refractivity contribution in [3.05, 3.63) is 70.5 Å². The van der Waals surface area contributed by atoms with Gasteiger partial charge in [-0.2, -0.15) is 0 Å². The number of carbonyl (C=O) groups is 1. The van der Waals surface area contributed by atoms with E-state index in [4.69, 9.17) is 4.74 Å². The first-order valence-electron chi connectivity index (χ1n) is 8.86. The van der Waals surface area contributed by atoms with Crippen molar-refractivity contribution in [2.45, 2.75) is 18.9 Å². The van der Waals surface area contributed by atoms with Gasteiger partial charge in [-0.25, -0.2) is 4.39 Å². The molecule has 3 nitrogen and oxygen atoms in total. The number of nitrogens with zero attached hydrogens (tertiary/aromatic N) is 1. The Morgan fingerprint density at radius 3 is 2.65 bits per heavy atom. The van der Waals surface area contributed by atoms with Crippen LogP contribution < -0.4 is 0 Å². The SMILES string of the molecule is COC(=O)C1CN(C2CCc3cc(C#Cc4cccc(F)c4)ccc32)C1. The molecule has 2 aromatic carbocycles. The smallest absolute Gasteiger partial charge is 0.311 e. The number of fused-ring (bicyclic) bond motifs is 1. The first kappa shape index (κ1) is 16.8. The zero-order valence-corrected chi connectivity index (χ0v) is 14.7. The molecular weight excluding hydrogens is 329 g/mol. The Bertz CT molecular complexity index is 906. The van der Waals surface area contributed by atoms with Gasteiger partial charge in [0.1, 0.15) is 5.82 Å². The van der Waals surface area contributed by atoms with E-state index in [2.05, 4.69) is 28.9 Å². The normalized spacial score (nSPS) is 19.2. The van der Waals surface area contributed by atoms with Crippen molar-refractivity contribution in [1.82, 2.24) is 4.90 Å². The molecule has 1 heterocycles. The summed E-state index contributed by atoms with van der Waals surface area (Å²) in [7, 11) is 1.45. The van der Waals surface area contributed by atoms with Crippen molar-refractivity contribution in [2.75, 3.05) is 20.2 Å². The second-order valence-corrected chi connectivity index (χ2v) is 6.90. The van der Waals surface area contributed by atoms with Crippen molar-refractivity contribution in [2.24, 2.45) is 5.92 Å². The van der Waals surface area contributed by atoms with Crippen LogP contribution in [0.4, 0.5) is 4.39 Å². The van der Waals surface area contributed by atoms with Crippen LogP contribution in [-0.4, -0.2) is 31.1 Å². The highest BCUT2D eigenvalue weighted by molar-refractivity contribution is 5.73. The zero-order chi connectivity index (χ0) is 18.1. The lowest BCUT2D eigenvalue weighted by molar-refractivity contribution is -0.152. The van der Waals surface area contributed by atoms with E-state index >= 15 is 0 Å². The quantitative estimate of drug-likeness (QED) is 0.615. The third kappa shape index (κ3) is 3.23. The van der Waals surface area contributed by atoms with E-state index < -0.39 is 0 Å². The molecule has 132 valence electrons. The van der Waals surface area contributed by atoms with Crippen LogP contribution in [0.25, 0.3) is 0 Å². The highest BCUT2D eigenvalue weighted by atomic mass is 19.1. The van der Waals surface area contributed by atoms with Crippen LogP contribution in [0.2, 0.25) is 0 Å². The molecule has 1 atom stereocenters. The molecule has 4 rings (SSSR count). The van der Waals surface area contributed by atoms with Gasteiger partial charge in [-0.15, -0.1) is 0 Å². The Morgan fingerprint density at radius 2 is 1.92 bits per heavy atom. The average molecular weight is 349 g/mol. The highest BCUT2D eigenvalue weighted by Gasteiger charge is 2.39. The second-order valence-electron chi connectivity index (χ2n) is 6.90. The van der Waals surface area contributed by atoms with Crippen LogP contribution in [0.3, 0.4) is 0 Å². The molecule has 0 spiro atoms. The summed E-state index contributed by atoms with van der Waals surface area (Å²) in [5.41, 5.74) is 4.29. The lowest BCUT2D eigenvalue weighted by atomic mass is 9.95. The number of carbonyl (C=O) groups excluding carboxylic acids is 1. The molecule has 0 radical (unpaired) electrons. The van der Waals surface area contributed by atoms with Crippen LogP contribution in [0.15, 0.2) is 42.5 Å². The van der Waals surface area contributed by atoms with Crippen LogP contribution in [0, 0.1) is 23.6 Å². The molecule has 0 aromatic heterocycles. The summed E-state index contributed by atoms with van der Waals surface area (Å²) in [4.78, 5) is 13.9. The third-order valence-corrected chi connectivity index (χ3v) is 5.25. The maximum Gasteiger partial charge on any atom is 0.311 e. The maximum atomic E-state index is 13.2. The summed E-state index contributed by atoms with van der Waals surface area (Å²) in [5, 5.41) is 0. The Balaban J connectivity index is 1.47. The van der Waals surface area contributed by atoms with Crippen molar-refractivity contribution in [3.63, 3.8) is 0 Å². The van der Waals surface area contributed by atoms with E-state index in [9.17, 15) is 9.18 Å². The van der Waals surface area contributed by atoms with Gasteiger partial charge in [0.2, 0.25) is 0 Å². The number of benzene rings is 2. The summed E-state index contributed by atoms with van der Waals surface area (Å²) < 4.78 is 18.0. The third-order valence-electron chi connectivity index (χ3n) is 5.25. The number of ether oxygens (including phenoxy) is 1. The van der Waals surface area contributed by atoms with Crippen LogP contribution in [0.1, 0.15) is 34.7 Å². The number of rotatable bonds is 2. The van der Waals surface area contributed by atoms with Gasteiger partial charge >= 0.3 is 5.97 Å². The Kier molecular flexibility index (Phi) is 4.48. The number of methoxy groups -OCH3 is 1. The first-order chi connectivity index (χ1) is 12.6. The second kappa shape index (κ2) is 6.93. The lowest BCUT2D eigenvalue weighted by Crippen LogP contribution is -2.51. The van der Waals surface area contributed by atoms with Gasteiger partial charge in [-0.3, -0.25) is 9.69 Å². The molecular formula is C22H20FNO2. The van der Waals surface area contributed by atoms with E-state index in [0.29, 0.717) is 11.6 Å². The molecule has 1 fully saturated rings. The molecule has 0 N–H and O–H groups in total. The molecule has 0 amide bonds. The van der Waals surface area contributed by atoms with E-state index in [1.165, 1.54) is 30.4 Å². The fourth-order valence-electron chi connectivity index (χ4n) is 3.85. The largest absolute Gasteiger partial charge is 0.469 e. The molecule has 2 aromatic rings. The molecule has 0 bridgehead atoms. The number of halogens is 1. The van der Waals surface area contributed by atoms with Gasteiger partial charge < -0.3 is 4.74 Å². The van der Waals surface area contributed by atoms with Crippen LogP contribution in [0.5, 0.6) is 0 Å². The van der Waals surface area contributed by atoms with Gasteiger partial charge in [0.25, 0.3) is 0 Å². The van der Waals surface area contributed by atoms with Crippen molar-refractivity contribution in [1.29, 1.82) is 0 Å². The van der Waals surface area contributed by atoms with Gasteiger partial charge in [-0.05, 0) is 54.3 Å². The molecule has 1 aliphatic heterocycles. The van der Waals surface area contributed by atoms with Gasteiger partial charge in [0, 0.05) is 30.3 Å². The van der Waals surface area contributed by atoms with E-state index in [0.717, 1.165) is 31.5 Å². The molecule has 1 aliphatic carbocycles. The average Bonchev–Trinajstić information content (AvgIpc) is 3.01. The molecule has 0 saturated carbocycles. The molecule has 1 unspecified atom stereocenters. The summed E-state index contributed by atoms with van der Waals surface area (Å²) in [6.45, 7) is 1.55. The summed E-state index contributed by atoms with van der Waals surface area (Å²) in [5.74, 6) is 5.79. The summed E-state index contributed by atoms with van der Waals surface area (Å²) in [6.07, 6.45) is 2.10. The highest BCUT2D eigenvalue weighted by Crippen LogP contribution is 2.39. The van der Waals surface area contributed by atoms with Crippen molar-refractivity contribution < 1.29 is 13.9 Å². The van der Waals surface area contributed by atoms with Crippen molar-refractivity contribution in [3.8, 4) is 11.8 Å². The van der Waals surface area contributed by atoms with E-state index in [-0.39, 0.29) is 17.7 Å². The maximum absolute atomic E-state index is 13.2. The van der Waals surface area contributed by atoms with Gasteiger partial charge in [0.15, 0.2) is 0 Å². The molecule has 4 heteroatoms. The minimum Gasteiger partial charge on any atom is -0.469 e. The summed E-state index contributed by atoms with van der Waals surface area (Å²) >= 11 is 0.